The van der Waals surface area contributed by atoms with Crippen molar-refractivity contribution in [3.05, 3.63) is 30.3 Å². The van der Waals surface area contributed by atoms with Crippen LogP contribution in [-0.2, 0) is 10.1 Å². The first-order valence-corrected chi connectivity index (χ1v) is 6.37. The molecular weight excluding hydrogens is 244 g/mol. The summed E-state index contributed by atoms with van der Waals surface area (Å²) in [5.41, 5.74) is 0.818. The van der Waals surface area contributed by atoms with Gasteiger partial charge in [0.25, 0.3) is 5.06 Å². The van der Waals surface area contributed by atoms with Crippen molar-refractivity contribution in [1.29, 1.82) is 0 Å². The summed E-state index contributed by atoms with van der Waals surface area (Å²) in [6.45, 7) is 1.58. The summed E-state index contributed by atoms with van der Waals surface area (Å²) in [5.74, 6) is 0. The lowest BCUT2D eigenvalue weighted by molar-refractivity contribution is 0.124. The molecule has 0 saturated heterocycles. The van der Waals surface area contributed by atoms with Gasteiger partial charge in [-0.15, -0.1) is 0 Å². The number of aliphatic hydroxyl groups is 1. The minimum Gasteiger partial charge on any atom is -0.355 e. The SMILES string of the molecule is CC1=NN(c2ccccc2)C(O)(S(=O)(=O)O)C1. The van der Waals surface area contributed by atoms with Crippen LogP contribution in [0.2, 0.25) is 0 Å². The van der Waals surface area contributed by atoms with Gasteiger partial charge in [-0.1, -0.05) is 18.2 Å². The summed E-state index contributed by atoms with van der Waals surface area (Å²) in [7, 11) is -4.67. The van der Waals surface area contributed by atoms with Gasteiger partial charge in [-0.2, -0.15) is 13.5 Å². The molecule has 1 aliphatic heterocycles. The van der Waals surface area contributed by atoms with Crippen LogP contribution in [0.25, 0.3) is 0 Å². The Kier molecular flexibility index (Phi) is 2.69. The molecule has 1 heterocycles. The second-order valence-electron chi connectivity index (χ2n) is 3.88. The Morgan fingerprint density at radius 3 is 2.47 bits per heavy atom. The first kappa shape index (κ1) is 12.0. The first-order valence-electron chi connectivity index (χ1n) is 4.93. The van der Waals surface area contributed by atoms with E-state index in [2.05, 4.69) is 5.10 Å². The average molecular weight is 256 g/mol. The van der Waals surface area contributed by atoms with Gasteiger partial charge in [-0.05, 0) is 19.1 Å². The summed E-state index contributed by atoms with van der Waals surface area (Å²) in [5, 5.41) is 12.5. The maximum absolute atomic E-state index is 11.3. The highest BCUT2D eigenvalue weighted by atomic mass is 32.2. The van der Waals surface area contributed by atoms with Crippen molar-refractivity contribution < 1.29 is 18.1 Å². The molecule has 0 fully saturated rings. The third kappa shape index (κ3) is 1.92. The molecular formula is C10H12N2O4S. The van der Waals surface area contributed by atoms with E-state index in [9.17, 15) is 13.5 Å². The lowest BCUT2D eigenvalue weighted by Crippen LogP contribution is -2.49. The molecule has 2 rings (SSSR count). The maximum Gasteiger partial charge on any atom is 0.317 e. The molecule has 1 aromatic carbocycles. The Balaban J connectivity index is 2.52. The van der Waals surface area contributed by atoms with Gasteiger partial charge >= 0.3 is 10.1 Å². The molecule has 0 amide bonds. The molecule has 0 saturated carbocycles. The smallest absolute Gasteiger partial charge is 0.317 e. The van der Waals surface area contributed by atoms with Crippen LogP contribution in [0.15, 0.2) is 35.4 Å². The Morgan fingerprint density at radius 1 is 1.35 bits per heavy atom. The Morgan fingerprint density at radius 2 is 1.94 bits per heavy atom. The summed E-state index contributed by atoms with van der Waals surface area (Å²) >= 11 is 0. The van der Waals surface area contributed by atoms with E-state index >= 15 is 0 Å². The van der Waals surface area contributed by atoms with Gasteiger partial charge in [0.2, 0.25) is 0 Å². The van der Waals surface area contributed by atoms with E-state index in [-0.39, 0.29) is 6.42 Å². The van der Waals surface area contributed by atoms with E-state index in [0.29, 0.717) is 11.4 Å². The second-order valence-corrected chi connectivity index (χ2v) is 5.48. The largest absolute Gasteiger partial charge is 0.355 e. The van der Waals surface area contributed by atoms with Crippen molar-refractivity contribution >= 4 is 21.5 Å². The van der Waals surface area contributed by atoms with Gasteiger partial charge < -0.3 is 5.11 Å². The molecule has 1 aromatic rings. The van der Waals surface area contributed by atoms with Crippen molar-refractivity contribution in [3.63, 3.8) is 0 Å². The number of hydrogen-bond acceptors (Lipinski definition) is 5. The fourth-order valence-electron chi connectivity index (χ4n) is 1.72. The van der Waals surface area contributed by atoms with Gasteiger partial charge in [-0.25, -0.2) is 5.01 Å². The lowest BCUT2D eigenvalue weighted by atomic mass is 10.2. The minimum atomic E-state index is -4.67. The molecule has 17 heavy (non-hydrogen) atoms. The quantitative estimate of drug-likeness (QED) is 0.764. The van der Waals surface area contributed by atoms with Crippen molar-refractivity contribution in [1.82, 2.24) is 0 Å². The molecule has 92 valence electrons. The predicted octanol–water partition coefficient (Wildman–Crippen LogP) is 0.807. The molecule has 1 unspecified atom stereocenters. The first-order chi connectivity index (χ1) is 7.84. The normalized spacial score (nSPS) is 24.9. The topological polar surface area (TPSA) is 90.2 Å². The Hall–Kier alpha value is -1.44. The van der Waals surface area contributed by atoms with Crippen LogP contribution in [0.3, 0.4) is 0 Å². The van der Waals surface area contributed by atoms with Crippen LogP contribution >= 0.6 is 0 Å². The van der Waals surface area contributed by atoms with Gasteiger partial charge in [0.05, 0.1) is 12.1 Å². The van der Waals surface area contributed by atoms with E-state index in [1.54, 1.807) is 37.3 Å². The molecule has 1 aliphatic rings. The molecule has 0 aliphatic carbocycles. The van der Waals surface area contributed by atoms with Crippen LogP contribution in [0.4, 0.5) is 5.69 Å². The number of hydrogen-bond donors (Lipinski definition) is 2. The van der Waals surface area contributed by atoms with Crippen LogP contribution in [0, 0.1) is 0 Å². The molecule has 7 heteroatoms. The van der Waals surface area contributed by atoms with Gasteiger partial charge in [0.15, 0.2) is 0 Å². The van der Waals surface area contributed by atoms with Crippen LogP contribution in [0.5, 0.6) is 0 Å². The molecule has 0 bridgehead atoms. The summed E-state index contributed by atoms with van der Waals surface area (Å²) in [4.78, 5) is 0. The molecule has 1 atom stereocenters. The summed E-state index contributed by atoms with van der Waals surface area (Å²) < 4.78 is 31.7. The zero-order valence-electron chi connectivity index (χ0n) is 9.11. The van der Waals surface area contributed by atoms with Crippen LogP contribution in [-0.4, -0.2) is 28.8 Å². The zero-order valence-corrected chi connectivity index (χ0v) is 9.92. The highest BCUT2D eigenvalue weighted by Crippen LogP contribution is 2.34. The molecule has 0 aromatic heterocycles. The van der Waals surface area contributed by atoms with E-state index in [4.69, 9.17) is 4.55 Å². The number of rotatable bonds is 2. The standard InChI is InChI=1S/C10H12N2O4S/c1-8-7-10(13,17(14,15)16)12(11-8)9-5-3-2-4-6-9/h2-6,13H,7H2,1H3,(H,14,15,16). The third-order valence-electron chi connectivity index (χ3n) is 2.50. The molecule has 0 radical (unpaired) electrons. The lowest BCUT2D eigenvalue weighted by Gasteiger charge is -2.29. The maximum atomic E-state index is 11.3. The van der Waals surface area contributed by atoms with E-state index < -0.39 is 15.2 Å². The van der Waals surface area contributed by atoms with Crippen molar-refractivity contribution in [2.24, 2.45) is 5.10 Å². The summed E-state index contributed by atoms with van der Waals surface area (Å²) in [6, 6.07) is 8.31. The highest BCUT2D eigenvalue weighted by Gasteiger charge is 2.51. The number of anilines is 1. The fourth-order valence-corrected chi connectivity index (χ4v) is 2.48. The Labute approximate surface area is 98.9 Å². The zero-order chi connectivity index (χ0) is 12.7. The van der Waals surface area contributed by atoms with Gasteiger partial charge in [0.1, 0.15) is 0 Å². The van der Waals surface area contributed by atoms with E-state index in [0.717, 1.165) is 5.01 Å². The minimum absolute atomic E-state index is 0.249. The van der Waals surface area contributed by atoms with E-state index in [1.807, 2.05) is 0 Å². The predicted molar refractivity (Wildman–Crippen MR) is 63.1 cm³/mol. The molecule has 6 nitrogen and oxygen atoms in total. The monoisotopic (exact) mass is 256 g/mol. The summed E-state index contributed by atoms with van der Waals surface area (Å²) in [6.07, 6.45) is -0.249. The van der Waals surface area contributed by atoms with Crippen LogP contribution in [0.1, 0.15) is 13.3 Å². The van der Waals surface area contributed by atoms with Crippen LogP contribution < -0.4 is 5.01 Å². The van der Waals surface area contributed by atoms with Crippen molar-refractivity contribution in [2.75, 3.05) is 5.01 Å². The van der Waals surface area contributed by atoms with Gasteiger partial charge in [0, 0.05) is 5.71 Å². The molecule has 0 spiro atoms. The number of para-hydroxylation sites is 1. The average Bonchev–Trinajstić information content (AvgIpc) is 2.56. The number of benzene rings is 1. The number of nitrogens with zero attached hydrogens (tertiary/aromatic N) is 2. The fraction of sp³-hybridized carbons (Fsp3) is 0.300. The number of hydrazone groups is 1. The Bertz CT molecular complexity index is 555. The molecule has 2 N–H and O–H groups in total. The van der Waals surface area contributed by atoms with Gasteiger partial charge in [-0.3, -0.25) is 4.55 Å². The highest BCUT2D eigenvalue weighted by molar-refractivity contribution is 7.87. The van der Waals surface area contributed by atoms with Crippen molar-refractivity contribution in [2.45, 2.75) is 18.4 Å². The second kappa shape index (κ2) is 3.80. The van der Waals surface area contributed by atoms with Crippen molar-refractivity contribution in [3.8, 4) is 0 Å². The third-order valence-corrected chi connectivity index (χ3v) is 3.65. The van der Waals surface area contributed by atoms with E-state index in [1.165, 1.54) is 0 Å².